The number of aromatic nitrogens is 5. The van der Waals surface area contributed by atoms with Crippen molar-refractivity contribution in [1.29, 1.82) is 0 Å². The molecule has 1 aliphatic heterocycles. The molecule has 1 fully saturated rings. The van der Waals surface area contributed by atoms with Gasteiger partial charge in [0.05, 0.1) is 17.7 Å². The van der Waals surface area contributed by atoms with Crippen LogP contribution in [-0.2, 0) is 19.5 Å². The summed E-state index contributed by atoms with van der Waals surface area (Å²) in [5, 5.41) is 8.71. The van der Waals surface area contributed by atoms with Crippen LogP contribution in [-0.4, -0.2) is 43.0 Å². The van der Waals surface area contributed by atoms with Gasteiger partial charge in [0.2, 0.25) is 0 Å². The zero-order valence-electron chi connectivity index (χ0n) is 15.3. The minimum atomic E-state index is 0.620. The van der Waals surface area contributed by atoms with E-state index in [9.17, 15) is 0 Å². The number of hydrogen-bond acceptors (Lipinski definition) is 4. The molecule has 1 atom stereocenters. The molecule has 6 nitrogen and oxygen atoms in total. The largest absolute Gasteiger partial charge is 0.348 e. The summed E-state index contributed by atoms with van der Waals surface area (Å²) in [7, 11) is 0. The van der Waals surface area contributed by atoms with Crippen LogP contribution in [0.15, 0.2) is 42.9 Å². The van der Waals surface area contributed by atoms with E-state index in [1.54, 1.807) is 6.33 Å². The molecular formula is C20H26N6. The first-order chi connectivity index (χ1) is 12.8. The second kappa shape index (κ2) is 7.83. The Kier molecular flexibility index (Phi) is 5.11. The summed E-state index contributed by atoms with van der Waals surface area (Å²) in [4.78, 5) is 10.1. The van der Waals surface area contributed by atoms with Crippen LogP contribution >= 0.6 is 0 Å². The number of aryl methyl sites for hydroxylation is 1. The highest BCUT2D eigenvalue weighted by Crippen LogP contribution is 2.20. The van der Waals surface area contributed by atoms with Crippen molar-refractivity contribution >= 4 is 0 Å². The van der Waals surface area contributed by atoms with E-state index in [-0.39, 0.29) is 0 Å². The molecule has 1 aliphatic rings. The van der Waals surface area contributed by atoms with Gasteiger partial charge in [0.15, 0.2) is 0 Å². The molecule has 2 aromatic heterocycles. The molecule has 136 valence electrons. The van der Waals surface area contributed by atoms with E-state index in [1.807, 2.05) is 10.7 Å². The van der Waals surface area contributed by atoms with E-state index in [0.717, 1.165) is 44.0 Å². The van der Waals surface area contributed by atoms with E-state index in [2.05, 4.69) is 62.6 Å². The first kappa shape index (κ1) is 17.0. The van der Waals surface area contributed by atoms with Crippen LogP contribution in [0.2, 0.25) is 0 Å². The summed E-state index contributed by atoms with van der Waals surface area (Å²) in [6, 6.07) is 10.4. The van der Waals surface area contributed by atoms with Crippen molar-refractivity contribution in [2.24, 2.45) is 5.92 Å². The van der Waals surface area contributed by atoms with Crippen LogP contribution in [0.25, 0.3) is 0 Å². The van der Waals surface area contributed by atoms with Gasteiger partial charge in [0, 0.05) is 37.9 Å². The summed E-state index contributed by atoms with van der Waals surface area (Å²) in [6.07, 6.45) is 7.22. The average molecular weight is 350 g/mol. The molecule has 26 heavy (non-hydrogen) atoms. The van der Waals surface area contributed by atoms with Gasteiger partial charge >= 0.3 is 0 Å². The van der Waals surface area contributed by atoms with Gasteiger partial charge in [0.1, 0.15) is 0 Å². The van der Waals surface area contributed by atoms with Crippen LogP contribution in [0.1, 0.15) is 35.5 Å². The fourth-order valence-corrected chi connectivity index (χ4v) is 3.78. The van der Waals surface area contributed by atoms with Crippen molar-refractivity contribution in [1.82, 2.24) is 29.9 Å². The second-order valence-electron chi connectivity index (χ2n) is 7.31. The van der Waals surface area contributed by atoms with Gasteiger partial charge < -0.3 is 4.98 Å². The normalized spacial score (nSPS) is 18.3. The van der Waals surface area contributed by atoms with Crippen molar-refractivity contribution in [2.75, 3.05) is 13.1 Å². The lowest BCUT2D eigenvalue weighted by Crippen LogP contribution is -2.36. The third-order valence-electron chi connectivity index (χ3n) is 5.17. The third-order valence-corrected chi connectivity index (χ3v) is 5.17. The molecule has 3 aromatic rings. The molecule has 0 amide bonds. The Balaban J connectivity index is 1.33. The summed E-state index contributed by atoms with van der Waals surface area (Å²) >= 11 is 0. The Labute approximate surface area is 154 Å². The molecule has 0 spiro atoms. The summed E-state index contributed by atoms with van der Waals surface area (Å²) in [5.74, 6) is 0.620. The molecule has 1 N–H and O–H groups in total. The Hall–Kier alpha value is -2.47. The van der Waals surface area contributed by atoms with Crippen LogP contribution in [0, 0.1) is 12.8 Å². The van der Waals surface area contributed by atoms with E-state index in [1.165, 1.54) is 24.1 Å². The number of imidazole rings is 1. The van der Waals surface area contributed by atoms with Crippen LogP contribution in [0.4, 0.5) is 0 Å². The van der Waals surface area contributed by atoms with Gasteiger partial charge in [0.25, 0.3) is 0 Å². The van der Waals surface area contributed by atoms with E-state index < -0.39 is 0 Å². The maximum absolute atomic E-state index is 4.44. The predicted octanol–water partition coefficient (Wildman–Crippen LogP) is 2.81. The van der Waals surface area contributed by atoms with Crippen molar-refractivity contribution in [3.05, 3.63) is 65.5 Å². The molecule has 1 saturated heterocycles. The first-order valence-electron chi connectivity index (χ1n) is 9.40. The monoisotopic (exact) mass is 350 g/mol. The van der Waals surface area contributed by atoms with Gasteiger partial charge in [-0.1, -0.05) is 35.5 Å². The topological polar surface area (TPSA) is 62.6 Å². The predicted molar refractivity (Wildman–Crippen MR) is 101 cm³/mol. The van der Waals surface area contributed by atoms with Gasteiger partial charge in [-0.05, 0) is 37.8 Å². The summed E-state index contributed by atoms with van der Waals surface area (Å²) in [5.41, 5.74) is 4.65. The Morgan fingerprint density at radius 1 is 1.23 bits per heavy atom. The average Bonchev–Trinajstić information content (AvgIpc) is 3.25. The van der Waals surface area contributed by atoms with Crippen LogP contribution in [0.5, 0.6) is 0 Å². The highest BCUT2D eigenvalue weighted by atomic mass is 15.4. The number of piperidine rings is 1. The van der Waals surface area contributed by atoms with E-state index in [0.29, 0.717) is 5.92 Å². The standard InChI is InChI=1S/C20H26N6/c1-16-20(22-15-21-16)14-25-9-5-8-18(11-25)12-26-13-19(23-24-26)10-17-6-3-2-4-7-17/h2-4,6-7,13,15,18H,5,8-12,14H2,1H3,(H,21,22)/t18-/m1/s1. The minimum absolute atomic E-state index is 0.620. The second-order valence-corrected chi connectivity index (χ2v) is 7.31. The number of aromatic amines is 1. The first-order valence-corrected chi connectivity index (χ1v) is 9.40. The number of H-pyrrole nitrogens is 1. The fourth-order valence-electron chi connectivity index (χ4n) is 3.78. The molecule has 6 heteroatoms. The maximum Gasteiger partial charge on any atom is 0.0925 e. The third kappa shape index (κ3) is 4.19. The van der Waals surface area contributed by atoms with Crippen molar-refractivity contribution in [2.45, 2.75) is 39.3 Å². The highest BCUT2D eigenvalue weighted by molar-refractivity contribution is 5.19. The molecule has 0 aliphatic carbocycles. The van der Waals surface area contributed by atoms with Crippen molar-refractivity contribution < 1.29 is 0 Å². The zero-order valence-corrected chi connectivity index (χ0v) is 15.3. The van der Waals surface area contributed by atoms with Gasteiger partial charge in [-0.2, -0.15) is 0 Å². The number of likely N-dealkylation sites (tertiary alicyclic amines) is 1. The molecule has 0 radical (unpaired) electrons. The molecule has 3 heterocycles. The maximum atomic E-state index is 4.44. The Morgan fingerprint density at radius 2 is 2.12 bits per heavy atom. The lowest BCUT2D eigenvalue weighted by atomic mass is 9.98. The van der Waals surface area contributed by atoms with Crippen LogP contribution < -0.4 is 0 Å². The van der Waals surface area contributed by atoms with Crippen molar-refractivity contribution in [3.8, 4) is 0 Å². The fraction of sp³-hybridized carbons (Fsp3) is 0.450. The number of rotatable bonds is 6. The Morgan fingerprint density at radius 3 is 2.92 bits per heavy atom. The minimum Gasteiger partial charge on any atom is -0.348 e. The number of benzene rings is 1. The van der Waals surface area contributed by atoms with Gasteiger partial charge in [-0.25, -0.2) is 4.98 Å². The zero-order chi connectivity index (χ0) is 17.8. The summed E-state index contributed by atoms with van der Waals surface area (Å²) in [6.45, 7) is 6.22. The van der Waals surface area contributed by atoms with Gasteiger partial charge in [-0.3, -0.25) is 9.58 Å². The van der Waals surface area contributed by atoms with Gasteiger partial charge in [-0.15, -0.1) is 5.10 Å². The molecule has 1 aromatic carbocycles. The summed E-state index contributed by atoms with van der Waals surface area (Å²) < 4.78 is 2.02. The molecule has 0 unspecified atom stereocenters. The smallest absolute Gasteiger partial charge is 0.0925 e. The quantitative estimate of drug-likeness (QED) is 0.742. The lowest BCUT2D eigenvalue weighted by molar-refractivity contribution is 0.151. The molecule has 0 saturated carbocycles. The Bertz CT molecular complexity index is 822. The SMILES string of the molecule is Cc1[nH]cnc1CN1CCC[C@@H](Cn2cc(Cc3ccccc3)nn2)C1. The number of nitrogens with zero attached hydrogens (tertiary/aromatic N) is 5. The molecule has 0 bridgehead atoms. The van der Waals surface area contributed by atoms with Crippen molar-refractivity contribution in [3.63, 3.8) is 0 Å². The van der Waals surface area contributed by atoms with Crippen LogP contribution in [0.3, 0.4) is 0 Å². The molecule has 4 rings (SSSR count). The highest BCUT2D eigenvalue weighted by Gasteiger charge is 2.22. The van der Waals surface area contributed by atoms with E-state index >= 15 is 0 Å². The number of hydrogen-bond donors (Lipinski definition) is 1. The molecular weight excluding hydrogens is 324 g/mol. The van der Waals surface area contributed by atoms with E-state index in [4.69, 9.17) is 0 Å². The lowest BCUT2D eigenvalue weighted by Gasteiger charge is -2.32. The number of nitrogens with one attached hydrogen (secondary N) is 1.